The molecule has 0 fully saturated rings. The Morgan fingerprint density at radius 2 is 2.44 bits per heavy atom. The van der Waals surface area contributed by atoms with Gasteiger partial charge in [-0.2, -0.15) is 0 Å². The fourth-order valence-corrected chi connectivity index (χ4v) is 0.757. The Hall–Kier alpha value is -0.380. The lowest BCUT2D eigenvalue weighted by molar-refractivity contribution is -0.0441. The second kappa shape index (κ2) is 2.96. The maximum atomic E-state index is 9.00. The minimum absolute atomic E-state index is 0.120. The maximum Gasteiger partial charge on any atom is 0.110 e. The molecular formula is C6H10O3. The van der Waals surface area contributed by atoms with Gasteiger partial charge in [-0.1, -0.05) is 12.2 Å². The van der Waals surface area contributed by atoms with E-state index in [1.807, 2.05) is 0 Å². The summed E-state index contributed by atoms with van der Waals surface area (Å²) in [6, 6.07) is 0. The fraction of sp³-hybridized carbons (Fsp3) is 0.667. The predicted molar refractivity (Wildman–Crippen MR) is 32.0 cm³/mol. The third-order valence-corrected chi connectivity index (χ3v) is 1.30. The van der Waals surface area contributed by atoms with Gasteiger partial charge in [-0.3, -0.25) is 0 Å². The molecule has 0 saturated carbocycles. The van der Waals surface area contributed by atoms with Crippen molar-refractivity contribution in [3.05, 3.63) is 12.2 Å². The van der Waals surface area contributed by atoms with E-state index in [0.29, 0.717) is 6.61 Å². The van der Waals surface area contributed by atoms with Crippen molar-refractivity contribution in [1.82, 2.24) is 0 Å². The fourth-order valence-electron chi connectivity index (χ4n) is 0.757. The van der Waals surface area contributed by atoms with Crippen LogP contribution in [-0.2, 0) is 4.74 Å². The first-order chi connectivity index (χ1) is 4.34. The van der Waals surface area contributed by atoms with Crippen LogP contribution in [0.25, 0.3) is 0 Å². The average molecular weight is 130 g/mol. The first-order valence-electron chi connectivity index (χ1n) is 2.92. The van der Waals surface area contributed by atoms with Crippen LogP contribution in [0.5, 0.6) is 0 Å². The normalized spacial score (nSPS) is 34.9. The summed E-state index contributed by atoms with van der Waals surface area (Å²) in [4.78, 5) is 0. The van der Waals surface area contributed by atoms with Gasteiger partial charge >= 0.3 is 0 Å². The summed E-state index contributed by atoms with van der Waals surface area (Å²) in [6.45, 7) is 0.369. The summed E-state index contributed by atoms with van der Waals surface area (Å²) in [5.74, 6) is 0. The van der Waals surface area contributed by atoms with E-state index in [4.69, 9.17) is 14.9 Å². The molecule has 9 heavy (non-hydrogen) atoms. The van der Waals surface area contributed by atoms with E-state index in [2.05, 4.69) is 0 Å². The third-order valence-electron chi connectivity index (χ3n) is 1.30. The van der Waals surface area contributed by atoms with Crippen LogP contribution in [0.15, 0.2) is 12.2 Å². The highest BCUT2D eigenvalue weighted by molar-refractivity contribution is 4.96. The van der Waals surface area contributed by atoms with E-state index in [1.165, 1.54) is 0 Å². The SMILES string of the molecule is OC[C@H]1OCC=C[C@@H]1O. The van der Waals surface area contributed by atoms with Gasteiger partial charge in [0.1, 0.15) is 12.2 Å². The van der Waals surface area contributed by atoms with E-state index in [9.17, 15) is 0 Å². The van der Waals surface area contributed by atoms with E-state index in [1.54, 1.807) is 12.2 Å². The lowest BCUT2D eigenvalue weighted by atomic mass is 10.2. The Balaban J connectivity index is 2.44. The van der Waals surface area contributed by atoms with Crippen molar-refractivity contribution in [2.24, 2.45) is 0 Å². The molecule has 2 N–H and O–H groups in total. The Labute approximate surface area is 53.6 Å². The lowest BCUT2D eigenvalue weighted by Crippen LogP contribution is -2.33. The van der Waals surface area contributed by atoms with Crippen molar-refractivity contribution in [2.45, 2.75) is 12.2 Å². The molecule has 0 aromatic heterocycles. The number of aliphatic hydroxyl groups excluding tert-OH is 2. The zero-order valence-electron chi connectivity index (χ0n) is 5.03. The summed E-state index contributed by atoms with van der Waals surface area (Å²) >= 11 is 0. The highest BCUT2D eigenvalue weighted by atomic mass is 16.5. The molecule has 0 aromatic carbocycles. The summed E-state index contributed by atoms with van der Waals surface area (Å²) in [5.41, 5.74) is 0. The molecule has 2 atom stereocenters. The van der Waals surface area contributed by atoms with E-state index >= 15 is 0 Å². The molecule has 0 aromatic rings. The Morgan fingerprint density at radius 3 is 2.89 bits per heavy atom. The molecule has 0 bridgehead atoms. The maximum absolute atomic E-state index is 9.00. The molecule has 1 aliphatic heterocycles. The minimum Gasteiger partial charge on any atom is -0.394 e. The third kappa shape index (κ3) is 1.51. The van der Waals surface area contributed by atoms with Gasteiger partial charge in [-0.25, -0.2) is 0 Å². The van der Waals surface area contributed by atoms with Gasteiger partial charge in [0.05, 0.1) is 13.2 Å². The summed E-state index contributed by atoms with van der Waals surface area (Å²) < 4.78 is 4.95. The largest absolute Gasteiger partial charge is 0.394 e. The standard InChI is InChI=1S/C6H10O3/c7-4-6-5(8)2-1-3-9-6/h1-2,5-8H,3-4H2/t5-,6+/m0/s1. The molecule has 0 radical (unpaired) electrons. The first-order valence-corrected chi connectivity index (χ1v) is 2.92. The smallest absolute Gasteiger partial charge is 0.110 e. The zero-order chi connectivity index (χ0) is 6.69. The number of hydrogen-bond acceptors (Lipinski definition) is 3. The van der Waals surface area contributed by atoms with Gasteiger partial charge < -0.3 is 14.9 Å². The molecule has 1 heterocycles. The van der Waals surface area contributed by atoms with Crippen molar-refractivity contribution < 1.29 is 14.9 Å². The van der Waals surface area contributed by atoms with Gasteiger partial charge in [-0.15, -0.1) is 0 Å². The Bertz CT molecular complexity index is 111. The van der Waals surface area contributed by atoms with Crippen molar-refractivity contribution in [2.75, 3.05) is 13.2 Å². The lowest BCUT2D eigenvalue weighted by Gasteiger charge is -2.21. The van der Waals surface area contributed by atoms with Crippen LogP contribution < -0.4 is 0 Å². The zero-order valence-corrected chi connectivity index (χ0v) is 5.03. The average Bonchev–Trinajstić information content (AvgIpc) is 1.89. The molecule has 0 spiro atoms. The topological polar surface area (TPSA) is 49.7 Å². The molecule has 0 aliphatic carbocycles. The quantitative estimate of drug-likeness (QED) is 0.461. The van der Waals surface area contributed by atoms with Gasteiger partial charge in [0.2, 0.25) is 0 Å². The van der Waals surface area contributed by atoms with Crippen LogP contribution in [0.1, 0.15) is 0 Å². The molecule has 0 amide bonds. The number of aliphatic hydroxyl groups is 2. The van der Waals surface area contributed by atoms with Gasteiger partial charge in [0.25, 0.3) is 0 Å². The molecule has 1 aliphatic rings. The first kappa shape index (κ1) is 6.74. The van der Waals surface area contributed by atoms with Crippen molar-refractivity contribution >= 4 is 0 Å². The van der Waals surface area contributed by atoms with Gasteiger partial charge in [0, 0.05) is 0 Å². The second-order valence-corrected chi connectivity index (χ2v) is 1.97. The molecule has 3 nitrogen and oxygen atoms in total. The van der Waals surface area contributed by atoms with Gasteiger partial charge in [-0.05, 0) is 0 Å². The molecule has 0 saturated heterocycles. The molecule has 0 unspecified atom stereocenters. The van der Waals surface area contributed by atoms with Crippen LogP contribution in [0, 0.1) is 0 Å². The Kier molecular flexibility index (Phi) is 2.22. The predicted octanol–water partition coefficient (Wildman–Crippen LogP) is -0.705. The highest BCUT2D eigenvalue weighted by Crippen LogP contribution is 2.05. The minimum atomic E-state index is -0.635. The number of rotatable bonds is 1. The highest BCUT2D eigenvalue weighted by Gasteiger charge is 2.18. The molecule has 52 valence electrons. The molecule has 3 heteroatoms. The second-order valence-electron chi connectivity index (χ2n) is 1.97. The molecule has 1 rings (SSSR count). The number of hydrogen-bond donors (Lipinski definition) is 2. The van der Waals surface area contributed by atoms with E-state index < -0.39 is 12.2 Å². The molecular weight excluding hydrogens is 120 g/mol. The summed E-state index contributed by atoms with van der Waals surface area (Å²) in [6.07, 6.45) is 2.31. The van der Waals surface area contributed by atoms with Gasteiger partial charge in [0.15, 0.2) is 0 Å². The van der Waals surface area contributed by atoms with Crippen LogP contribution in [0.3, 0.4) is 0 Å². The van der Waals surface area contributed by atoms with Crippen LogP contribution in [0.2, 0.25) is 0 Å². The van der Waals surface area contributed by atoms with E-state index in [0.717, 1.165) is 0 Å². The van der Waals surface area contributed by atoms with Crippen LogP contribution in [-0.4, -0.2) is 35.6 Å². The van der Waals surface area contributed by atoms with Crippen molar-refractivity contribution in [3.63, 3.8) is 0 Å². The number of ether oxygens (including phenoxy) is 1. The summed E-state index contributed by atoms with van der Waals surface area (Å²) in [7, 11) is 0. The summed E-state index contributed by atoms with van der Waals surface area (Å²) in [5, 5.41) is 17.5. The Morgan fingerprint density at radius 1 is 1.67 bits per heavy atom. The van der Waals surface area contributed by atoms with Crippen LogP contribution >= 0.6 is 0 Å². The monoisotopic (exact) mass is 130 g/mol. The van der Waals surface area contributed by atoms with Crippen molar-refractivity contribution in [1.29, 1.82) is 0 Å². The van der Waals surface area contributed by atoms with Crippen molar-refractivity contribution in [3.8, 4) is 0 Å². The van der Waals surface area contributed by atoms with E-state index in [-0.39, 0.29) is 6.61 Å². The van der Waals surface area contributed by atoms with Crippen LogP contribution in [0.4, 0.5) is 0 Å².